The van der Waals surface area contributed by atoms with Crippen molar-refractivity contribution in [1.82, 2.24) is 10.2 Å². The second kappa shape index (κ2) is 7.44. The molecule has 0 aromatic heterocycles. The molecule has 1 aromatic carbocycles. The van der Waals surface area contributed by atoms with Crippen LogP contribution in [0.4, 0.5) is 0 Å². The summed E-state index contributed by atoms with van der Waals surface area (Å²) < 4.78 is 0. The van der Waals surface area contributed by atoms with Crippen LogP contribution in [0.15, 0.2) is 30.3 Å². The highest BCUT2D eigenvalue weighted by Crippen LogP contribution is 2.20. The molecule has 0 aliphatic carbocycles. The summed E-state index contributed by atoms with van der Waals surface area (Å²) in [5, 5.41) is 3.00. The second-order valence-electron chi connectivity index (χ2n) is 6.18. The molecule has 1 aromatic rings. The standard InChI is InChI=1S/C17H26N2O/c1-14-11-15(2)13-19(12-14)10-6-9-18-17(20)16-7-4-3-5-8-16/h3-5,7-8,14-15H,6,9-13H2,1-2H3,(H,18,20)/t14-,15-/m1/s1. The van der Waals surface area contributed by atoms with Gasteiger partial charge in [0, 0.05) is 25.2 Å². The van der Waals surface area contributed by atoms with Crippen LogP contribution in [0.1, 0.15) is 37.0 Å². The number of nitrogens with zero attached hydrogens (tertiary/aromatic N) is 1. The van der Waals surface area contributed by atoms with Crippen LogP contribution in [0.5, 0.6) is 0 Å². The quantitative estimate of drug-likeness (QED) is 0.837. The minimum atomic E-state index is 0.0333. The number of piperidine rings is 1. The van der Waals surface area contributed by atoms with E-state index >= 15 is 0 Å². The van der Waals surface area contributed by atoms with Gasteiger partial charge in [0.15, 0.2) is 0 Å². The highest BCUT2D eigenvalue weighted by Gasteiger charge is 2.20. The van der Waals surface area contributed by atoms with E-state index in [1.165, 1.54) is 19.5 Å². The van der Waals surface area contributed by atoms with Gasteiger partial charge in [-0.3, -0.25) is 4.79 Å². The van der Waals surface area contributed by atoms with Gasteiger partial charge in [-0.25, -0.2) is 0 Å². The zero-order chi connectivity index (χ0) is 14.4. The molecule has 0 saturated carbocycles. The summed E-state index contributed by atoms with van der Waals surface area (Å²) in [7, 11) is 0. The third-order valence-corrected chi connectivity index (χ3v) is 3.92. The number of hydrogen-bond acceptors (Lipinski definition) is 2. The van der Waals surface area contributed by atoms with E-state index in [9.17, 15) is 4.79 Å². The first-order valence-electron chi connectivity index (χ1n) is 7.70. The molecule has 2 atom stereocenters. The zero-order valence-electron chi connectivity index (χ0n) is 12.6. The molecule has 1 amide bonds. The van der Waals surface area contributed by atoms with Gasteiger partial charge in [-0.15, -0.1) is 0 Å². The maximum Gasteiger partial charge on any atom is 0.251 e. The van der Waals surface area contributed by atoms with Crippen LogP contribution >= 0.6 is 0 Å². The Labute approximate surface area is 122 Å². The summed E-state index contributed by atoms with van der Waals surface area (Å²) in [4.78, 5) is 14.4. The Bertz CT molecular complexity index is 408. The number of likely N-dealkylation sites (tertiary alicyclic amines) is 1. The fourth-order valence-electron chi connectivity index (χ4n) is 3.17. The number of hydrogen-bond donors (Lipinski definition) is 1. The fraction of sp³-hybridized carbons (Fsp3) is 0.588. The molecule has 1 fully saturated rings. The summed E-state index contributed by atoms with van der Waals surface area (Å²) in [6.45, 7) is 8.92. The predicted molar refractivity (Wildman–Crippen MR) is 82.8 cm³/mol. The third kappa shape index (κ3) is 4.64. The fourth-order valence-corrected chi connectivity index (χ4v) is 3.17. The lowest BCUT2D eigenvalue weighted by Crippen LogP contribution is -2.40. The predicted octanol–water partition coefficient (Wildman–Crippen LogP) is 2.78. The molecular formula is C17H26N2O. The maximum atomic E-state index is 11.9. The minimum Gasteiger partial charge on any atom is -0.352 e. The lowest BCUT2D eigenvalue weighted by Gasteiger charge is -2.34. The molecule has 20 heavy (non-hydrogen) atoms. The van der Waals surface area contributed by atoms with E-state index in [1.54, 1.807) is 0 Å². The lowest BCUT2D eigenvalue weighted by atomic mass is 9.92. The molecule has 110 valence electrons. The summed E-state index contributed by atoms with van der Waals surface area (Å²) in [6, 6.07) is 9.42. The number of nitrogens with one attached hydrogen (secondary N) is 1. The van der Waals surface area contributed by atoms with E-state index in [2.05, 4.69) is 24.1 Å². The topological polar surface area (TPSA) is 32.3 Å². The third-order valence-electron chi connectivity index (χ3n) is 3.92. The van der Waals surface area contributed by atoms with Gasteiger partial charge in [-0.2, -0.15) is 0 Å². The zero-order valence-corrected chi connectivity index (χ0v) is 12.6. The number of carbonyl (C=O) groups is 1. The van der Waals surface area contributed by atoms with Gasteiger partial charge >= 0.3 is 0 Å². The summed E-state index contributed by atoms with van der Waals surface area (Å²) in [6.07, 6.45) is 2.37. The number of carbonyl (C=O) groups excluding carboxylic acids is 1. The van der Waals surface area contributed by atoms with Gasteiger partial charge in [0.25, 0.3) is 5.91 Å². The van der Waals surface area contributed by atoms with Gasteiger partial charge < -0.3 is 10.2 Å². The first-order chi connectivity index (χ1) is 9.65. The van der Waals surface area contributed by atoms with Crippen molar-refractivity contribution in [1.29, 1.82) is 0 Å². The molecule has 3 heteroatoms. The van der Waals surface area contributed by atoms with Gasteiger partial charge in [0.05, 0.1) is 0 Å². The second-order valence-corrected chi connectivity index (χ2v) is 6.18. The normalized spacial score (nSPS) is 23.5. The summed E-state index contributed by atoms with van der Waals surface area (Å²) in [5.74, 6) is 1.64. The number of benzene rings is 1. The number of amides is 1. The van der Waals surface area contributed by atoms with E-state index in [0.29, 0.717) is 0 Å². The summed E-state index contributed by atoms with van der Waals surface area (Å²) >= 11 is 0. The summed E-state index contributed by atoms with van der Waals surface area (Å²) in [5.41, 5.74) is 0.743. The van der Waals surface area contributed by atoms with E-state index < -0.39 is 0 Å². The molecule has 0 radical (unpaired) electrons. The molecule has 3 nitrogen and oxygen atoms in total. The van der Waals surface area contributed by atoms with Gasteiger partial charge in [-0.05, 0) is 43.4 Å². The smallest absolute Gasteiger partial charge is 0.251 e. The van der Waals surface area contributed by atoms with Crippen molar-refractivity contribution >= 4 is 5.91 Å². The van der Waals surface area contributed by atoms with Crippen molar-refractivity contribution in [2.45, 2.75) is 26.7 Å². The highest BCUT2D eigenvalue weighted by atomic mass is 16.1. The Balaban J connectivity index is 1.65. The molecular weight excluding hydrogens is 248 g/mol. The molecule has 0 bridgehead atoms. The van der Waals surface area contributed by atoms with Crippen LogP contribution in [0, 0.1) is 11.8 Å². The van der Waals surface area contributed by atoms with Crippen molar-refractivity contribution < 1.29 is 4.79 Å². The largest absolute Gasteiger partial charge is 0.352 e. The Morgan fingerprint density at radius 1 is 1.20 bits per heavy atom. The average molecular weight is 274 g/mol. The van der Waals surface area contributed by atoms with Crippen molar-refractivity contribution in [3.8, 4) is 0 Å². The molecule has 2 rings (SSSR count). The van der Waals surface area contributed by atoms with Gasteiger partial charge in [-0.1, -0.05) is 32.0 Å². The molecule has 1 heterocycles. The molecule has 1 N–H and O–H groups in total. The molecule has 1 aliphatic rings. The molecule has 0 unspecified atom stereocenters. The SMILES string of the molecule is C[C@@H]1C[C@@H](C)CN(CCCNC(=O)c2ccccc2)C1. The Kier molecular flexibility index (Phi) is 5.60. The first-order valence-corrected chi connectivity index (χ1v) is 7.70. The van der Waals surface area contributed by atoms with Crippen molar-refractivity contribution in [2.24, 2.45) is 11.8 Å². The van der Waals surface area contributed by atoms with E-state index in [-0.39, 0.29) is 5.91 Å². The van der Waals surface area contributed by atoms with Crippen LogP contribution in [-0.2, 0) is 0 Å². The van der Waals surface area contributed by atoms with Gasteiger partial charge in [0.1, 0.15) is 0 Å². The van der Waals surface area contributed by atoms with Crippen LogP contribution in [0.3, 0.4) is 0 Å². The van der Waals surface area contributed by atoms with Gasteiger partial charge in [0.2, 0.25) is 0 Å². The van der Waals surface area contributed by atoms with Crippen molar-refractivity contribution in [3.63, 3.8) is 0 Å². The molecule has 0 spiro atoms. The Morgan fingerprint density at radius 3 is 2.50 bits per heavy atom. The first kappa shape index (κ1) is 15.0. The Morgan fingerprint density at radius 2 is 1.85 bits per heavy atom. The van der Waals surface area contributed by atoms with E-state index in [0.717, 1.165) is 36.9 Å². The van der Waals surface area contributed by atoms with Crippen molar-refractivity contribution in [2.75, 3.05) is 26.2 Å². The van der Waals surface area contributed by atoms with Crippen LogP contribution in [0.2, 0.25) is 0 Å². The average Bonchev–Trinajstić information content (AvgIpc) is 2.43. The van der Waals surface area contributed by atoms with Crippen LogP contribution in [0.25, 0.3) is 0 Å². The lowest BCUT2D eigenvalue weighted by molar-refractivity contribution is 0.0947. The Hall–Kier alpha value is -1.35. The minimum absolute atomic E-state index is 0.0333. The van der Waals surface area contributed by atoms with Crippen LogP contribution in [-0.4, -0.2) is 37.0 Å². The van der Waals surface area contributed by atoms with Crippen LogP contribution < -0.4 is 5.32 Å². The number of rotatable bonds is 5. The van der Waals surface area contributed by atoms with E-state index in [1.807, 2.05) is 30.3 Å². The highest BCUT2D eigenvalue weighted by molar-refractivity contribution is 5.94. The maximum absolute atomic E-state index is 11.9. The van der Waals surface area contributed by atoms with Crippen molar-refractivity contribution in [3.05, 3.63) is 35.9 Å². The van der Waals surface area contributed by atoms with E-state index in [4.69, 9.17) is 0 Å². The monoisotopic (exact) mass is 274 g/mol. The molecule has 1 aliphatic heterocycles. The molecule has 1 saturated heterocycles.